The van der Waals surface area contributed by atoms with E-state index < -0.39 is 0 Å². The van der Waals surface area contributed by atoms with E-state index in [1.54, 1.807) is 4.40 Å². The van der Waals surface area contributed by atoms with Crippen molar-refractivity contribution in [3.8, 4) is 5.75 Å². The highest BCUT2D eigenvalue weighted by Crippen LogP contribution is 2.26. The Hall–Kier alpha value is -2.96. The average Bonchev–Trinajstić information content (AvgIpc) is 3.12. The third-order valence-electron chi connectivity index (χ3n) is 5.58. The average molecular weight is 410 g/mol. The van der Waals surface area contributed by atoms with Crippen LogP contribution in [0.15, 0.2) is 30.6 Å². The first-order chi connectivity index (χ1) is 14.5. The lowest BCUT2D eigenvalue weighted by Gasteiger charge is -2.35. The summed E-state index contributed by atoms with van der Waals surface area (Å²) in [6, 6.07) is 5.19. The Morgan fingerprint density at radius 1 is 1.23 bits per heavy atom. The highest BCUT2D eigenvalue weighted by molar-refractivity contribution is 5.95. The zero-order chi connectivity index (χ0) is 21.3. The molecule has 3 aromatic rings. The van der Waals surface area contributed by atoms with E-state index >= 15 is 0 Å². The minimum atomic E-state index is -0.285. The fraction of sp³-hybridized carbons (Fsp3) is 0.435. The first kappa shape index (κ1) is 20.3. The zero-order valence-electron chi connectivity index (χ0n) is 17.7. The second-order valence-electron chi connectivity index (χ2n) is 7.89. The number of ether oxygens (including phenoxy) is 1. The van der Waals surface area contributed by atoms with Gasteiger partial charge in [-0.3, -0.25) is 4.79 Å². The molecular weight excluding hydrogens is 383 g/mol. The molecule has 6 nitrogen and oxygen atoms in total. The van der Waals surface area contributed by atoms with Crippen molar-refractivity contribution in [2.24, 2.45) is 0 Å². The number of pyridine rings is 2. The first-order valence-electron chi connectivity index (χ1n) is 10.5. The summed E-state index contributed by atoms with van der Waals surface area (Å²) >= 11 is 0. The molecule has 0 aromatic carbocycles. The second-order valence-corrected chi connectivity index (χ2v) is 7.89. The second kappa shape index (κ2) is 8.42. The standard InChI is InChI=1S/C23H27FN4O2/c1-4-30-20-9-8-16(3)25-21(20)23(29)28-10-6-5-7-19(28)12-18-14-27-13-17(24)11-15(2)22(27)26-18/h8-9,11,13-14,19H,4-7,10,12H2,1-3H3. The molecule has 0 N–H and O–H groups in total. The van der Waals surface area contributed by atoms with Crippen molar-refractivity contribution >= 4 is 11.6 Å². The van der Waals surface area contributed by atoms with Gasteiger partial charge in [0.1, 0.15) is 11.5 Å². The molecule has 0 spiro atoms. The van der Waals surface area contributed by atoms with Crippen molar-refractivity contribution in [2.45, 2.75) is 52.5 Å². The van der Waals surface area contributed by atoms with Gasteiger partial charge in [-0.2, -0.15) is 0 Å². The van der Waals surface area contributed by atoms with E-state index in [0.29, 0.717) is 31.0 Å². The van der Waals surface area contributed by atoms with E-state index in [1.165, 1.54) is 12.3 Å². The maximum Gasteiger partial charge on any atom is 0.276 e. The topological polar surface area (TPSA) is 59.7 Å². The van der Waals surface area contributed by atoms with Crippen molar-refractivity contribution in [1.82, 2.24) is 19.3 Å². The van der Waals surface area contributed by atoms with Crippen LogP contribution in [-0.4, -0.2) is 44.4 Å². The highest BCUT2D eigenvalue weighted by Gasteiger charge is 2.31. The summed E-state index contributed by atoms with van der Waals surface area (Å²) in [6.45, 7) is 6.78. The fourth-order valence-electron chi connectivity index (χ4n) is 4.20. The smallest absolute Gasteiger partial charge is 0.276 e. The molecule has 0 radical (unpaired) electrons. The number of carbonyl (C=O) groups is 1. The Labute approximate surface area is 175 Å². The zero-order valence-corrected chi connectivity index (χ0v) is 17.7. The minimum absolute atomic E-state index is 0.0260. The Bertz CT molecular complexity index is 1080. The lowest BCUT2D eigenvalue weighted by Crippen LogP contribution is -2.45. The molecule has 4 heterocycles. The van der Waals surface area contributed by atoms with Gasteiger partial charge >= 0.3 is 0 Å². The molecular formula is C23H27FN4O2. The predicted molar refractivity (Wildman–Crippen MR) is 112 cm³/mol. The highest BCUT2D eigenvalue weighted by atomic mass is 19.1. The van der Waals surface area contributed by atoms with Gasteiger partial charge in [0, 0.05) is 37.1 Å². The van der Waals surface area contributed by atoms with Crippen LogP contribution in [0, 0.1) is 19.7 Å². The van der Waals surface area contributed by atoms with Gasteiger partial charge in [-0.15, -0.1) is 0 Å². The maximum atomic E-state index is 13.7. The molecule has 0 bridgehead atoms. The lowest BCUT2D eigenvalue weighted by atomic mass is 9.97. The van der Waals surface area contributed by atoms with Gasteiger partial charge in [0.15, 0.2) is 11.4 Å². The van der Waals surface area contributed by atoms with E-state index in [1.807, 2.05) is 44.0 Å². The Kier molecular flexibility index (Phi) is 5.70. The first-order valence-corrected chi connectivity index (χ1v) is 10.5. The molecule has 1 aliphatic rings. The number of hydrogen-bond acceptors (Lipinski definition) is 4. The third-order valence-corrected chi connectivity index (χ3v) is 5.58. The molecule has 1 unspecified atom stereocenters. The van der Waals surface area contributed by atoms with E-state index in [4.69, 9.17) is 9.72 Å². The van der Waals surface area contributed by atoms with Crippen LogP contribution in [0.4, 0.5) is 4.39 Å². The summed E-state index contributed by atoms with van der Waals surface area (Å²) in [4.78, 5) is 24.5. The third kappa shape index (κ3) is 4.01. The molecule has 1 atom stereocenters. The van der Waals surface area contributed by atoms with Crippen molar-refractivity contribution in [3.63, 3.8) is 0 Å². The van der Waals surface area contributed by atoms with E-state index in [9.17, 15) is 9.18 Å². The number of nitrogens with zero attached hydrogens (tertiary/aromatic N) is 4. The number of hydrogen-bond donors (Lipinski definition) is 0. The number of halogens is 1. The quantitative estimate of drug-likeness (QED) is 0.635. The maximum absolute atomic E-state index is 13.7. The number of piperidine rings is 1. The van der Waals surface area contributed by atoms with E-state index in [0.717, 1.165) is 41.9 Å². The molecule has 1 saturated heterocycles. The number of amides is 1. The van der Waals surface area contributed by atoms with Crippen molar-refractivity contribution in [2.75, 3.05) is 13.2 Å². The summed E-state index contributed by atoms with van der Waals surface area (Å²) in [5.74, 6) is 0.140. The summed E-state index contributed by atoms with van der Waals surface area (Å²) < 4.78 is 21.1. The van der Waals surface area contributed by atoms with Gasteiger partial charge in [-0.25, -0.2) is 14.4 Å². The SMILES string of the molecule is CCOc1ccc(C)nc1C(=O)N1CCCCC1Cc1cn2cc(F)cc(C)c2n1. The van der Waals surface area contributed by atoms with Crippen LogP contribution in [0.2, 0.25) is 0 Å². The van der Waals surface area contributed by atoms with E-state index in [-0.39, 0.29) is 17.8 Å². The Morgan fingerprint density at radius 2 is 2.07 bits per heavy atom. The van der Waals surface area contributed by atoms with Crippen molar-refractivity contribution < 1.29 is 13.9 Å². The molecule has 0 saturated carbocycles. The molecule has 30 heavy (non-hydrogen) atoms. The monoisotopic (exact) mass is 410 g/mol. The Balaban J connectivity index is 1.62. The summed E-state index contributed by atoms with van der Waals surface area (Å²) in [5.41, 5.74) is 3.56. The number of likely N-dealkylation sites (tertiary alicyclic amines) is 1. The van der Waals surface area contributed by atoms with Gasteiger partial charge in [-0.1, -0.05) is 0 Å². The molecule has 4 rings (SSSR count). The van der Waals surface area contributed by atoms with Gasteiger partial charge < -0.3 is 14.0 Å². The van der Waals surface area contributed by atoms with Gasteiger partial charge in [-0.05, 0) is 63.8 Å². The molecule has 7 heteroatoms. The summed E-state index contributed by atoms with van der Waals surface area (Å²) in [6.07, 6.45) is 6.86. The van der Waals surface area contributed by atoms with E-state index in [2.05, 4.69) is 4.98 Å². The number of aromatic nitrogens is 3. The van der Waals surface area contributed by atoms with Crippen molar-refractivity contribution in [1.29, 1.82) is 0 Å². The van der Waals surface area contributed by atoms with Crippen LogP contribution < -0.4 is 4.74 Å². The summed E-state index contributed by atoms with van der Waals surface area (Å²) in [7, 11) is 0. The van der Waals surface area contributed by atoms with Crippen LogP contribution in [0.1, 0.15) is 53.6 Å². The van der Waals surface area contributed by atoms with Crippen molar-refractivity contribution in [3.05, 3.63) is 59.1 Å². The lowest BCUT2D eigenvalue weighted by molar-refractivity contribution is 0.0601. The van der Waals surface area contributed by atoms with Gasteiger partial charge in [0.2, 0.25) is 0 Å². The minimum Gasteiger partial charge on any atom is -0.491 e. The molecule has 1 aliphatic heterocycles. The number of fused-ring (bicyclic) bond motifs is 1. The molecule has 3 aromatic heterocycles. The molecule has 1 amide bonds. The van der Waals surface area contributed by atoms with Gasteiger partial charge in [0.05, 0.1) is 12.3 Å². The van der Waals surface area contributed by atoms with Crippen LogP contribution in [0.25, 0.3) is 5.65 Å². The van der Waals surface area contributed by atoms with Crippen LogP contribution in [-0.2, 0) is 6.42 Å². The number of rotatable bonds is 5. The largest absolute Gasteiger partial charge is 0.491 e. The number of aryl methyl sites for hydroxylation is 2. The Morgan fingerprint density at radius 3 is 2.87 bits per heavy atom. The van der Waals surface area contributed by atoms with Crippen LogP contribution in [0.5, 0.6) is 5.75 Å². The van der Waals surface area contributed by atoms with Gasteiger partial charge in [0.25, 0.3) is 5.91 Å². The predicted octanol–water partition coefficient (Wildman–Crippen LogP) is 4.12. The number of carbonyl (C=O) groups excluding carboxylic acids is 1. The summed E-state index contributed by atoms with van der Waals surface area (Å²) in [5, 5.41) is 0. The number of imidazole rings is 1. The molecule has 158 valence electrons. The molecule has 1 fully saturated rings. The fourth-order valence-corrected chi connectivity index (χ4v) is 4.20. The molecule has 0 aliphatic carbocycles. The normalized spacial score (nSPS) is 16.8. The van der Waals surface area contributed by atoms with Crippen LogP contribution in [0.3, 0.4) is 0 Å². The van der Waals surface area contributed by atoms with Crippen LogP contribution >= 0.6 is 0 Å².